The molecule has 1 atom stereocenters. The lowest BCUT2D eigenvalue weighted by Gasteiger charge is -2.46. The molecule has 0 aromatic heterocycles. The summed E-state index contributed by atoms with van der Waals surface area (Å²) in [6.07, 6.45) is 2.79. The van der Waals surface area contributed by atoms with E-state index in [-0.39, 0.29) is 6.04 Å². The Bertz CT molecular complexity index is 438. The number of ether oxygens (including phenoxy) is 1. The summed E-state index contributed by atoms with van der Waals surface area (Å²) in [6.45, 7) is 1.56. The van der Waals surface area contributed by atoms with Gasteiger partial charge in [0.15, 0.2) is 11.6 Å². The molecule has 0 amide bonds. The van der Waals surface area contributed by atoms with Crippen LogP contribution in [0.4, 0.5) is 8.78 Å². The molecule has 2 nitrogen and oxygen atoms in total. The van der Waals surface area contributed by atoms with E-state index in [0.29, 0.717) is 11.1 Å². The second-order valence-corrected chi connectivity index (χ2v) is 4.94. The van der Waals surface area contributed by atoms with Crippen LogP contribution < -0.4 is 5.32 Å². The number of hydrogen-bond donors (Lipinski definition) is 1. The maximum absolute atomic E-state index is 14.1. The zero-order chi connectivity index (χ0) is 13.3. The molecule has 1 saturated carbocycles. The van der Waals surface area contributed by atoms with Crippen LogP contribution in [0, 0.1) is 18.6 Å². The van der Waals surface area contributed by atoms with E-state index in [0.717, 1.165) is 19.3 Å². The van der Waals surface area contributed by atoms with Crippen molar-refractivity contribution in [3.05, 3.63) is 34.9 Å². The fourth-order valence-electron chi connectivity index (χ4n) is 2.72. The molecule has 4 heteroatoms. The topological polar surface area (TPSA) is 21.3 Å². The summed E-state index contributed by atoms with van der Waals surface area (Å²) in [7, 11) is 3.38. The molecule has 0 saturated heterocycles. The smallest absolute Gasteiger partial charge is 0.163 e. The second-order valence-electron chi connectivity index (χ2n) is 4.94. The van der Waals surface area contributed by atoms with Crippen molar-refractivity contribution in [2.24, 2.45) is 0 Å². The first kappa shape index (κ1) is 13.4. The van der Waals surface area contributed by atoms with Crippen LogP contribution >= 0.6 is 0 Å². The standard InChI is InChI=1S/C14H19F2NO/c1-9-5-6-10(12(16)11(9)15)13(17-2)14(18-3)7-4-8-14/h5-6,13,17H,4,7-8H2,1-3H3. The molecule has 1 aliphatic rings. The summed E-state index contributed by atoms with van der Waals surface area (Å²) in [6, 6.07) is 2.94. The Morgan fingerprint density at radius 1 is 1.28 bits per heavy atom. The highest BCUT2D eigenvalue weighted by Crippen LogP contribution is 2.45. The minimum atomic E-state index is -0.766. The van der Waals surface area contributed by atoms with E-state index in [1.807, 2.05) is 0 Å². The van der Waals surface area contributed by atoms with E-state index in [2.05, 4.69) is 5.32 Å². The molecule has 0 bridgehead atoms. The molecule has 0 heterocycles. The predicted octanol–water partition coefficient (Wildman–Crippen LogP) is 3.10. The van der Waals surface area contributed by atoms with Crippen molar-refractivity contribution in [3.8, 4) is 0 Å². The molecule has 2 rings (SSSR count). The molecule has 1 unspecified atom stereocenters. The summed E-state index contributed by atoms with van der Waals surface area (Å²) in [4.78, 5) is 0. The van der Waals surface area contributed by atoms with Crippen LogP contribution in [0.25, 0.3) is 0 Å². The van der Waals surface area contributed by atoms with E-state index in [1.54, 1.807) is 33.2 Å². The van der Waals surface area contributed by atoms with E-state index < -0.39 is 17.2 Å². The number of likely N-dealkylation sites (N-methyl/N-ethyl adjacent to an activating group) is 1. The van der Waals surface area contributed by atoms with E-state index in [1.165, 1.54) is 0 Å². The predicted molar refractivity (Wildman–Crippen MR) is 66.5 cm³/mol. The van der Waals surface area contributed by atoms with Crippen LogP contribution in [0.2, 0.25) is 0 Å². The molecule has 1 aromatic carbocycles. The fraction of sp³-hybridized carbons (Fsp3) is 0.571. The van der Waals surface area contributed by atoms with Crippen LogP contribution in [0.15, 0.2) is 12.1 Å². The van der Waals surface area contributed by atoms with Gasteiger partial charge in [0.25, 0.3) is 0 Å². The number of nitrogens with one attached hydrogen (secondary N) is 1. The highest BCUT2D eigenvalue weighted by Gasteiger charge is 2.45. The third-order valence-electron chi connectivity index (χ3n) is 4.04. The number of aryl methyl sites for hydroxylation is 1. The molecule has 18 heavy (non-hydrogen) atoms. The average molecular weight is 255 g/mol. The molecule has 1 aromatic rings. The minimum Gasteiger partial charge on any atom is -0.376 e. The number of rotatable bonds is 4. The lowest BCUT2D eigenvalue weighted by atomic mass is 9.72. The Labute approximate surface area is 106 Å². The summed E-state index contributed by atoms with van der Waals surface area (Å²) >= 11 is 0. The maximum Gasteiger partial charge on any atom is 0.163 e. The van der Waals surface area contributed by atoms with Crippen molar-refractivity contribution in [1.29, 1.82) is 0 Å². The van der Waals surface area contributed by atoms with Gasteiger partial charge < -0.3 is 10.1 Å². The van der Waals surface area contributed by atoms with E-state index >= 15 is 0 Å². The number of benzene rings is 1. The summed E-state index contributed by atoms with van der Waals surface area (Å²) in [5.74, 6) is -1.53. The van der Waals surface area contributed by atoms with Gasteiger partial charge in [-0.25, -0.2) is 8.78 Å². The first-order valence-electron chi connectivity index (χ1n) is 6.22. The van der Waals surface area contributed by atoms with Crippen molar-refractivity contribution in [1.82, 2.24) is 5.32 Å². The molecule has 0 spiro atoms. The summed E-state index contributed by atoms with van der Waals surface area (Å²) in [5, 5.41) is 3.07. The Morgan fingerprint density at radius 2 is 1.94 bits per heavy atom. The second kappa shape index (κ2) is 4.94. The van der Waals surface area contributed by atoms with Gasteiger partial charge in [0.05, 0.1) is 11.6 Å². The SMILES string of the molecule is CNC(c1ccc(C)c(F)c1F)C1(OC)CCC1. The molecule has 1 fully saturated rings. The lowest BCUT2D eigenvalue weighted by Crippen LogP contribution is -2.50. The van der Waals surface area contributed by atoms with E-state index in [9.17, 15) is 8.78 Å². The first-order chi connectivity index (χ1) is 8.55. The Kier molecular flexibility index (Phi) is 3.69. The zero-order valence-corrected chi connectivity index (χ0v) is 11.0. The van der Waals surface area contributed by atoms with Crippen LogP contribution in [0.1, 0.15) is 36.4 Å². The number of hydrogen-bond acceptors (Lipinski definition) is 2. The molecule has 1 N–H and O–H groups in total. The number of methoxy groups -OCH3 is 1. The quantitative estimate of drug-likeness (QED) is 0.892. The van der Waals surface area contributed by atoms with Gasteiger partial charge >= 0.3 is 0 Å². The molecule has 1 aliphatic carbocycles. The Morgan fingerprint density at radius 3 is 2.39 bits per heavy atom. The molecular weight excluding hydrogens is 236 g/mol. The van der Waals surface area contributed by atoms with Gasteiger partial charge in [-0.2, -0.15) is 0 Å². The van der Waals surface area contributed by atoms with Crippen molar-refractivity contribution >= 4 is 0 Å². The molecule has 0 aliphatic heterocycles. The van der Waals surface area contributed by atoms with Gasteiger partial charge in [-0.3, -0.25) is 0 Å². The normalized spacial score (nSPS) is 19.4. The zero-order valence-electron chi connectivity index (χ0n) is 11.0. The third kappa shape index (κ3) is 1.93. The largest absolute Gasteiger partial charge is 0.376 e. The number of halogens is 2. The van der Waals surface area contributed by atoms with Crippen molar-refractivity contribution in [2.75, 3.05) is 14.2 Å². The van der Waals surface area contributed by atoms with Gasteiger partial charge in [-0.15, -0.1) is 0 Å². The highest BCUT2D eigenvalue weighted by atomic mass is 19.2. The molecular formula is C14H19F2NO. The lowest BCUT2D eigenvalue weighted by molar-refractivity contribution is -0.0990. The van der Waals surface area contributed by atoms with Gasteiger partial charge in [0.2, 0.25) is 0 Å². The third-order valence-corrected chi connectivity index (χ3v) is 4.04. The molecule has 100 valence electrons. The maximum atomic E-state index is 14.1. The molecule has 0 radical (unpaired) electrons. The first-order valence-corrected chi connectivity index (χ1v) is 6.22. The summed E-state index contributed by atoms with van der Waals surface area (Å²) < 4.78 is 33.3. The van der Waals surface area contributed by atoms with Crippen molar-refractivity contribution < 1.29 is 13.5 Å². The van der Waals surface area contributed by atoms with Crippen molar-refractivity contribution in [3.63, 3.8) is 0 Å². The van der Waals surface area contributed by atoms with Gasteiger partial charge in [0, 0.05) is 12.7 Å². The Balaban J connectivity index is 2.42. The monoisotopic (exact) mass is 255 g/mol. The van der Waals surface area contributed by atoms with Crippen LogP contribution in [-0.4, -0.2) is 19.8 Å². The van der Waals surface area contributed by atoms with Crippen molar-refractivity contribution in [2.45, 2.75) is 37.8 Å². The van der Waals surface area contributed by atoms with Gasteiger partial charge in [-0.1, -0.05) is 12.1 Å². The van der Waals surface area contributed by atoms with E-state index in [4.69, 9.17) is 4.74 Å². The van der Waals surface area contributed by atoms with Crippen LogP contribution in [0.3, 0.4) is 0 Å². The van der Waals surface area contributed by atoms with Crippen LogP contribution in [0.5, 0.6) is 0 Å². The summed E-state index contributed by atoms with van der Waals surface area (Å²) in [5.41, 5.74) is 0.269. The van der Waals surface area contributed by atoms with Crippen LogP contribution in [-0.2, 0) is 4.74 Å². The average Bonchev–Trinajstić information content (AvgIpc) is 2.32. The minimum absolute atomic E-state index is 0.314. The Hall–Kier alpha value is -1.00. The fourth-order valence-corrected chi connectivity index (χ4v) is 2.72. The highest BCUT2D eigenvalue weighted by molar-refractivity contribution is 5.30. The van der Waals surface area contributed by atoms with Gasteiger partial charge in [0.1, 0.15) is 0 Å². The van der Waals surface area contributed by atoms with Gasteiger partial charge in [-0.05, 0) is 38.8 Å².